The molecule has 5 aromatic rings. The number of carbonyl (C=O) groups excluding carboxylic acids is 1. The molecule has 6 heteroatoms. The fourth-order valence-electron chi connectivity index (χ4n) is 4.97. The first kappa shape index (κ1) is 24.0. The van der Waals surface area contributed by atoms with Gasteiger partial charge in [-0.15, -0.1) is 0 Å². The average molecular weight is 522 g/mol. The zero-order valence-corrected chi connectivity index (χ0v) is 21.7. The molecular weight excluding hydrogens is 498 g/mol. The summed E-state index contributed by atoms with van der Waals surface area (Å²) >= 11 is 6.48. The Balaban J connectivity index is 1.53. The maximum Gasteiger partial charge on any atom is 0.291 e. The van der Waals surface area contributed by atoms with Gasteiger partial charge in [-0.25, -0.2) is 0 Å². The smallest absolute Gasteiger partial charge is 0.291 e. The molecule has 0 saturated heterocycles. The number of halogens is 1. The van der Waals surface area contributed by atoms with E-state index in [-0.39, 0.29) is 23.6 Å². The fraction of sp³-hybridized carbons (Fsp3) is 0.125. The molecule has 0 saturated carbocycles. The Bertz CT molecular complexity index is 1760. The largest absolute Gasteiger partial charge is 0.457 e. The van der Waals surface area contributed by atoms with Crippen LogP contribution in [0.3, 0.4) is 0 Å². The number of hydrogen-bond acceptors (Lipinski definition) is 4. The van der Waals surface area contributed by atoms with Gasteiger partial charge >= 0.3 is 0 Å². The molecule has 0 bridgehead atoms. The van der Waals surface area contributed by atoms with E-state index in [1.54, 1.807) is 11.0 Å². The highest BCUT2D eigenvalue weighted by Gasteiger charge is 2.43. The van der Waals surface area contributed by atoms with E-state index in [1.807, 2.05) is 98.8 Å². The van der Waals surface area contributed by atoms with Gasteiger partial charge in [-0.05, 0) is 78.6 Å². The van der Waals surface area contributed by atoms with E-state index in [1.165, 1.54) is 0 Å². The zero-order valence-electron chi connectivity index (χ0n) is 20.9. The summed E-state index contributed by atoms with van der Waals surface area (Å²) in [4.78, 5) is 29.4. The number of fused-ring (bicyclic) bond motifs is 2. The van der Waals surface area contributed by atoms with Crippen molar-refractivity contribution < 1.29 is 13.9 Å². The fourth-order valence-corrected chi connectivity index (χ4v) is 5.16. The number of amides is 1. The van der Waals surface area contributed by atoms with Crippen molar-refractivity contribution in [2.24, 2.45) is 0 Å². The van der Waals surface area contributed by atoms with Crippen LogP contribution < -0.4 is 10.2 Å². The van der Waals surface area contributed by atoms with Crippen LogP contribution in [0.2, 0.25) is 5.02 Å². The Hall–Kier alpha value is -4.35. The molecule has 0 N–H and O–H groups in total. The van der Waals surface area contributed by atoms with Gasteiger partial charge < -0.3 is 14.1 Å². The minimum absolute atomic E-state index is 0.0668. The lowest BCUT2D eigenvalue weighted by molar-refractivity contribution is 0.0714. The standard InChI is InChI=1S/C32H24ClNO4/c1-19-15-25-27(16-20(19)2)38-31-28(30(25)35)29(34(32(31)36)18-22-9-6-7-14-26(22)33)21-10-8-13-24(17-21)37-23-11-4-3-5-12-23/h3-17,29H,18H2,1-2H3. The van der Waals surface area contributed by atoms with Crippen molar-refractivity contribution in [2.75, 3.05) is 0 Å². The van der Waals surface area contributed by atoms with E-state index in [9.17, 15) is 9.59 Å². The number of para-hydroxylation sites is 1. The highest BCUT2D eigenvalue weighted by Crippen LogP contribution is 2.41. The summed E-state index contributed by atoms with van der Waals surface area (Å²) in [6.45, 7) is 4.12. The van der Waals surface area contributed by atoms with Crippen LogP contribution in [0, 0.1) is 13.8 Å². The molecule has 1 aliphatic heterocycles. The number of carbonyl (C=O) groups is 1. The third kappa shape index (κ3) is 4.15. The first-order chi connectivity index (χ1) is 18.4. The van der Waals surface area contributed by atoms with Crippen LogP contribution >= 0.6 is 11.6 Å². The van der Waals surface area contributed by atoms with E-state index in [0.717, 1.165) is 22.3 Å². The third-order valence-corrected chi connectivity index (χ3v) is 7.40. The van der Waals surface area contributed by atoms with E-state index >= 15 is 0 Å². The van der Waals surface area contributed by atoms with Gasteiger partial charge in [0, 0.05) is 11.6 Å². The molecule has 0 fully saturated rings. The second kappa shape index (κ2) is 9.51. The second-order valence-electron chi connectivity index (χ2n) is 9.52. The number of aryl methyl sites for hydroxylation is 2. The van der Waals surface area contributed by atoms with Crippen LogP contribution in [0.5, 0.6) is 11.5 Å². The van der Waals surface area contributed by atoms with Crippen molar-refractivity contribution in [1.82, 2.24) is 4.90 Å². The minimum atomic E-state index is -0.671. The summed E-state index contributed by atoms with van der Waals surface area (Å²) in [6.07, 6.45) is 0. The molecule has 6 rings (SSSR count). The van der Waals surface area contributed by atoms with Crippen molar-refractivity contribution in [3.8, 4) is 11.5 Å². The Labute approximate surface area is 224 Å². The van der Waals surface area contributed by atoms with Crippen molar-refractivity contribution in [1.29, 1.82) is 0 Å². The molecule has 1 amide bonds. The van der Waals surface area contributed by atoms with Crippen molar-refractivity contribution in [2.45, 2.75) is 26.4 Å². The summed E-state index contributed by atoms with van der Waals surface area (Å²) in [5.41, 5.74) is 4.02. The monoisotopic (exact) mass is 521 g/mol. The zero-order chi connectivity index (χ0) is 26.4. The SMILES string of the molecule is Cc1cc2oc3c(c(=O)c2cc1C)C(c1cccc(Oc2ccccc2)c1)N(Cc1ccccc1Cl)C3=O. The van der Waals surface area contributed by atoms with Crippen LogP contribution in [0.1, 0.15) is 44.4 Å². The van der Waals surface area contributed by atoms with Gasteiger partial charge in [0.05, 0.1) is 17.0 Å². The quantitative estimate of drug-likeness (QED) is 0.239. The van der Waals surface area contributed by atoms with E-state index in [2.05, 4.69) is 0 Å². The maximum atomic E-state index is 14.0. The molecule has 4 aromatic carbocycles. The second-order valence-corrected chi connectivity index (χ2v) is 9.93. The van der Waals surface area contributed by atoms with Crippen LogP contribution in [-0.4, -0.2) is 10.8 Å². The summed E-state index contributed by atoms with van der Waals surface area (Å²) in [6, 6.07) is 27.3. The highest BCUT2D eigenvalue weighted by molar-refractivity contribution is 6.31. The van der Waals surface area contributed by atoms with Crippen LogP contribution in [0.15, 0.2) is 100 Å². The van der Waals surface area contributed by atoms with Gasteiger partial charge in [0.15, 0.2) is 5.43 Å². The lowest BCUT2D eigenvalue weighted by Gasteiger charge is -2.26. The molecule has 5 nitrogen and oxygen atoms in total. The predicted octanol–water partition coefficient (Wildman–Crippen LogP) is 7.60. The third-order valence-electron chi connectivity index (χ3n) is 7.03. The van der Waals surface area contributed by atoms with Gasteiger partial charge in [0.2, 0.25) is 5.76 Å². The van der Waals surface area contributed by atoms with Crippen LogP contribution in [-0.2, 0) is 6.54 Å². The van der Waals surface area contributed by atoms with E-state index in [0.29, 0.717) is 33.1 Å². The average Bonchev–Trinajstić information content (AvgIpc) is 3.19. The Morgan fingerprint density at radius 2 is 1.55 bits per heavy atom. The lowest BCUT2D eigenvalue weighted by atomic mass is 9.97. The molecular formula is C32H24ClNO4. The van der Waals surface area contributed by atoms with Gasteiger partial charge in [0.1, 0.15) is 17.1 Å². The lowest BCUT2D eigenvalue weighted by Crippen LogP contribution is -2.29. The number of hydrogen-bond donors (Lipinski definition) is 0. The van der Waals surface area contributed by atoms with Gasteiger partial charge in [-0.1, -0.05) is 60.1 Å². The van der Waals surface area contributed by atoms with Gasteiger partial charge in [-0.2, -0.15) is 0 Å². The Kier molecular flexibility index (Phi) is 6.01. The molecule has 1 atom stereocenters. The number of nitrogens with zero attached hydrogens (tertiary/aromatic N) is 1. The van der Waals surface area contributed by atoms with E-state index in [4.69, 9.17) is 20.8 Å². The highest BCUT2D eigenvalue weighted by atomic mass is 35.5. The Morgan fingerprint density at radius 1 is 0.842 bits per heavy atom. The van der Waals surface area contributed by atoms with Gasteiger partial charge in [0.25, 0.3) is 5.91 Å². The molecule has 188 valence electrons. The molecule has 1 unspecified atom stereocenters. The van der Waals surface area contributed by atoms with Crippen molar-refractivity contribution in [3.05, 3.63) is 140 Å². The van der Waals surface area contributed by atoms with E-state index < -0.39 is 6.04 Å². The maximum absolute atomic E-state index is 14.0. The first-order valence-corrected chi connectivity index (χ1v) is 12.7. The predicted molar refractivity (Wildman–Crippen MR) is 148 cm³/mol. The Morgan fingerprint density at radius 3 is 2.34 bits per heavy atom. The van der Waals surface area contributed by atoms with Crippen molar-refractivity contribution in [3.63, 3.8) is 0 Å². The van der Waals surface area contributed by atoms with Gasteiger partial charge in [-0.3, -0.25) is 9.59 Å². The summed E-state index contributed by atoms with van der Waals surface area (Å²) in [5.74, 6) is 1.01. The summed E-state index contributed by atoms with van der Waals surface area (Å²) in [5, 5.41) is 1.01. The molecule has 0 radical (unpaired) electrons. The topological polar surface area (TPSA) is 59.8 Å². The summed E-state index contributed by atoms with van der Waals surface area (Å²) in [7, 11) is 0. The number of benzene rings is 4. The first-order valence-electron chi connectivity index (χ1n) is 12.4. The van der Waals surface area contributed by atoms with Crippen LogP contribution in [0.4, 0.5) is 0 Å². The molecule has 1 aliphatic rings. The molecule has 0 aliphatic carbocycles. The molecule has 2 heterocycles. The summed E-state index contributed by atoms with van der Waals surface area (Å²) < 4.78 is 12.2. The van der Waals surface area contributed by atoms with Crippen molar-refractivity contribution >= 4 is 28.5 Å². The normalized spacial score (nSPS) is 14.7. The molecule has 1 aromatic heterocycles. The number of ether oxygens (including phenoxy) is 1. The minimum Gasteiger partial charge on any atom is -0.457 e. The number of rotatable bonds is 5. The van der Waals surface area contributed by atoms with Crippen LogP contribution in [0.25, 0.3) is 11.0 Å². The molecule has 0 spiro atoms. The molecule has 38 heavy (non-hydrogen) atoms.